The van der Waals surface area contributed by atoms with E-state index in [0.717, 1.165) is 45.3 Å². The van der Waals surface area contributed by atoms with Crippen molar-refractivity contribution in [3.05, 3.63) is 77.5 Å². The van der Waals surface area contributed by atoms with Crippen LogP contribution in [0.2, 0.25) is 0 Å². The number of hydrogen-bond donors (Lipinski definition) is 0. The molecule has 1 heterocycles. The first kappa shape index (κ1) is 20.7. The third kappa shape index (κ3) is 6.00. The second-order valence-electron chi connectivity index (χ2n) is 8.41. The summed E-state index contributed by atoms with van der Waals surface area (Å²) in [5.74, 6) is 2.02. The Morgan fingerprint density at radius 2 is 1.68 bits per heavy atom. The highest BCUT2D eigenvalue weighted by Gasteiger charge is 2.27. The number of ketones is 1. The van der Waals surface area contributed by atoms with Gasteiger partial charge in [-0.2, -0.15) is 0 Å². The quantitative estimate of drug-likeness (QED) is 0.557. The van der Waals surface area contributed by atoms with Gasteiger partial charge in [-0.15, -0.1) is 0 Å². The van der Waals surface area contributed by atoms with Crippen molar-refractivity contribution in [2.24, 2.45) is 11.8 Å². The summed E-state index contributed by atoms with van der Waals surface area (Å²) in [5, 5.41) is 0. The Hall–Kier alpha value is -2.00. The van der Waals surface area contributed by atoms with Crippen LogP contribution in [-0.2, 0) is 6.42 Å². The smallest absolute Gasteiger partial charge is 0.166 e. The number of likely N-dealkylation sites (tertiary alicyclic amines) is 1. The van der Waals surface area contributed by atoms with Crippen molar-refractivity contribution in [2.45, 2.75) is 39.5 Å². The summed E-state index contributed by atoms with van der Waals surface area (Å²) in [6.07, 6.45) is 4.02. The van der Waals surface area contributed by atoms with E-state index in [9.17, 15) is 9.18 Å². The normalized spacial score (nSPS) is 17.0. The van der Waals surface area contributed by atoms with E-state index in [0.29, 0.717) is 11.5 Å². The molecule has 0 unspecified atom stereocenters. The minimum atomic E-state index is -0.293. The van der Waals surface area contributed by atoms with Crippen LogP contribution in [0.3, 0.4) is 0 Å². The third-order valence-electron chi connectivity index (χ3n) is 5.67. The van der Waals surface area contributed by atoms with E-state index >= 15 is 0 Å². The van der Waals surface area contributed by atoms with Gasteiger partial charge in [0.05, 0.1) is 0 Å². The lowest BCUT2D eigenvalue weighted by Crippen LogP contribution is -2.39. The Bertz CT molecular complexity index is 733. The van der Waals surface area contributed by atoms with Crippen molar-refractivity contribution >= 4 is 5.78 Å². The average molecular weight is 381 g/mol. The Kier molecular flexibility index (Phi) is 7.38. The molecule has 1 aliphatic rings. The predicted octanol–water partition coefficient (Wildman–Crippen LogP) is 5.58. The molecule has 3 rings (SSSR count). The lowest BCUT2D eigenvalue weighted by atomic mass is 9.87. The van der Waals surface area contributed by atoms with Crippen LogP contribution in [0, 0.1) is 23.6 Å². The van der Waals surface area contributed by atoms with Crippen LogP contribution in [0.5, 0.6) is 0 Å². The SMILES string of the molecule is C[C](C)C[C@H](Cc1ccccc1)CN1CCC(C(=O)c2ccc(F)cc2)CC1. The van der Waals surface area contributed by atoms with Gasteiger partial charge in [0, 0.05) is 18.0 Å². The summed E-state index contributed by atoms with van der Waals surface area (Å²) in [6, 6.07) is 16.7. The number of nitrogens with zero attached hydrogens (tertiary/aromatic N) is 1. The monoisotopic (exact) mass is 380 g/mol. The Labute approximate surface area is 168 Å². The highest BCUT2D eigenvalue weighted by Crippen LogP contribution is 2.25. The second kappa shape index (κ2) is 9.97. The molecule has 1 saturated heterocycles. The molecule has 0 aromatic heterocycles. The molecule has 0 saturated carbocycles. The van der Waals surface area contributed by atoms with Crippen LogP contribution in [0.15, 0.2) is 54.6 Å². The molecule has 1 atom stereocenters. The molecule has 0 aliphatic carbocycles. The van der Waals surface area contributed by atoms with Crippen LogP contribution in [0.25, 0.3) is 0 Å². The minimum Gasteiger partial charge on any atom is -0.303 e. The van der Waals surface area contributed by atoms with E-state index in [1.165, 1.54) is 23.6 Å². The summed E-state index contributed by atoms with van der Waals surface area (Å²) in [4.78, 5) is 15.2. The van der Waals surface area contributed by atoms with Gasteiger partial charge >= 0.3 is 0 Å². The molecule has 0 N–H and O–H groups in total. The van der Waals surface area contributed by atoms with E-state index in [-0.39, 0.29) is 17.5 Å². The number of benzene rings is 2. The molecule has 149 valence electrons. The molecule has 28 heavy (non-hydrogen) atoms. The zero-order valence-corrected chi connectivity index (χ0v) is 17.0. The summed E-state index contributed by atoms with van der Waals surface area (Å²) < 4.78 is 13.1. The van der Waals surface area contributed by atoms with E-state index < -0.39 is 0 Å². The second-order valence-corrected chi connectivity index (χ2v) is 8.41. The van der Waals surface area contributed by atoms with Crippen molar-refractivity contribution in [1.82, 2.24) is 4.90 Å². The minimum absolute atomic E-state index is 0.0637. The first-order valence-corrected chi connectivity index (χ1v) is 10.4. The van der Waals surface area contributed by atoms with Crippen molar-refractivity contribution in [3.8, 4) is 0 Å². The average Bonchev–Trinajstić information content (AvgIpc) is 2.69. The summed E-state index contributed by atoms with van der Waals surface area (Å²) >= 11 is 0. The number of Topliss-reactive ketones (excluding diaryl/α,β-unsaturated/α-hetero) is 1. The number of rotatable bonds is 8. The van der Waals surface area contributed by atoms with Gasteiger partial charge in [0.25, 0.3) is 0 Å². The number of carbonyl (C=O) groups excluding carboxylic acids is 1. The van der Waals surface area contributed by atoms with Gasteiger partial charge in [0.15, 0.2) is 5.78 Å². The zero-order valence-electron chi connectivity index (χ0n) is 17.0. The van der Waals surface area contributed by atoms with Crippen LogP contribution >= 0.6 is 0 Å². The maximum absolute atomic E-state index is 13.1. The molecule has 2 nitrogen and oxygen atoms in total. The predicted molar refractivity (Wildman–Crippen MR) is 113 cm³/mol. The lowest BCUT2D eigenvalue weighted by molar-refractivity contribution is 0.0825. The maximum atomic E-state index is 13.1. The number of halogens is 1. The number of hydrogen-bond acceptors (Lipinski definition) is 2. The largest absolute Gasteiger partial charge is 0.303 e. The molecule has 1 fully saturated rings. The molecule has 2 aromatic carbocycles. The van der Waals surface area contributed by atoms with E-state index in [1.807, 2.05) is 0 Å². The van der Waals surface area contributed by atoms with Crippen LogP contribution < -0.4 is 0 Å². The van der Waals surface area contributed by atoms with Gasteiger partial charge in [-0.05, 0) is 80.4 Å². The molecule has 0 amide bonds. The fourth-order valence-electron chi connectivity index (χ4n) is 4.32. The Morgan fingerprint density at radius 1 is 1.04 bits per heavy atom. The summed E-state index contributed by atoms with van der Waals surface area (Å²) in [5.41, 5.74) is 2.04. The van der Waals surface area contributed by atoms with Crippen molar-refractivity contribution < 1.29 is 9.18 Å². The summed E-state index contributed by atoms with van der Waals surface area (Å²) in [7, 11) is 0. The van der Waals surface area contributed by atoms with Gasteiger partial charge in [0.1, 0.15) is 5.82 Å². The molecule has 1 aliphatic heterocycles. The molecule has 0 spiro atoms. The van der Waals surface area contributed by atoms with Crippen molar-refractivity contribution in [3.63, 3.8) is 0 Å². The molecule has 3 heteroatoms. The number of piperidine rings is 1. The Balaban J connectivity index is 1.53. The first-order valence-electron chi connectivity index (χ1n) is 10.4. The number of carbonyl (C=O) groups is 1. The zero-order chi connectivity index (χ0) is 19.9. The van der Waals surface area contributed by atoms with Gasteiger partial charge in [-0.25, -0.2) is 4.39 Å². The lowest BCUT2D eigenvalue weighted by Gasteiger charge is -2.34. The highest BCUT2D eigenvalue weighted by atomic mass is 19.1. The molecular weight excluding hydrogens is 349 g/mol. The van der Waals surface area contributed by atoms with Gasteiger partial charge < -0.3 is 4.90 Å². The fourth-order valence-corrected chi connectivity index (χ4v) is 4.32. The van der Waals surface area contributed by atoms with E-state index in [1.54, 1.807) is 12.1 Å². The molecule has 1 radical (unpaired) electrons. The van der Waals surface area contributed by atoms with Crippen LogP contribution in [-0.4, -0.2) is 30.3 Å². The first-order chi connectivity index (χ1) is 13.5. The molecular formula is C25H31FNO. The van der Waals surface area contributed by atoms with Crippen LogP contribution in [0.4, 0.5) is 4.39 Å². The third-order valence-corrected chi connectivity index (χ3v) is 5.67. The van der Waals surface area contributed by atoms with Gasteiger partial charge in [0.2, 0.25) is 0 Å². The topological polar surface area (TPSA) is 20.3 Å². The fraction of sp³-hybridized carbons (Fsp3) is 0.440. The van der Waals surface area contributed by atoms with Gasteiger partial charge in [-0.3, -0.25) is 4.79 Å². The van der Waals surface area contributed by atoms with Gasteiger partial charge in [-0.1, -0.05) is 44.2 Å². The van der Waals surface area contributed by atoms with E-state index in [4.69, 9.17) is 0 Å². The van der Waals surface area contributed by atoms with Crippen LogP contribution in [0.1, 0.15) is 49.0 Å². The standard InChI is InChI=1S/C25H31FNO/c1-19(2)16-21(17-20-6-4-3-5-7-20)18-27-14-12-23(13-15-27)25(28)22-8-10-24(26)11-9-22/h3-11,21,23H,12-18H2,1-2H3/t21-/m1/s1. The molecule has 0 bridgehead atoms. The maximum Gasteiger partial charge on any atom is 0.166 e. The Morgan fingerprint density at radius 3 is 2.29 bits per heavy atom. The van der Waals surface area contributed by atoms with E-state index in [2.05, 4.69) is 49.1 Å². The molecule has 2 aromatic rings. The van der Waals surface area contributed by atoms with Crippen molar-refractivity contribution in [1.29, 1.82) is 0 Å². The summed E-state index contributed by atoms with van der Waals surface area (Å²) in [6.45, 7) is 7.44. The highest BCUT2D eigenvalue weighted by molar-refractivity contribution is 5.97. The van der Waals surface area contributed by atoms with Crippen molar-refractivity contribution in [2.75, 3.05) is 19.6 Å².